The molecule has 0 spiro atoms. The van der Waals surface area contributed by atoms with Crippen LogP contribution in [0.4, 0.5) is 5.69 Å². The molecule has 4 nitrogen and oxygen atoms in total. The van der Waals surface area contributed by atoms with Gasteiger partial charge in [0.1, 0.15) is 6.10 Å². The minimum Gasteiger partial charge on any atom is -0.386 e. The number of hydrogen-bond donors (Lipinski definition) is 2. The van der Waals surface area contributed by atoms with Crippen LogP contribution < -0.4 is 10.6 Å². The maximum atomic E-state index is 12.4. The van der Waals surface area contributed by atoms with Gasteiger partial charge in [0, 0.05) is 33.4 Å². The van der Waals surface area contributed by atoms with E-state index in [1.807, 2.05) is 0 Å². The highest BCUT2D eigenvalue weighted by Gasteiger charge is 2.26. The van der Waals surface area contributed by atoms with Gasteiger partial charge in [0.25, 0.3) is 0 Å². The second-order valence-electron chi connectivity index (χ2n) is 5.44. The maximum Gasteiger partial charge on any atom is 0.171 e. The first-order chi connectivity index (χ1) is 11.3. The molecular formula is C17H17Cl3N2O2. The second-order valence-corrected chi connectivity index (χ2v) is 6.72. The lowest BCUT2D eigenvalue weighted by Gasteiger charge is -2.23. The van der Waals surface area contributed by atoms with Crippen LogP contribution in [0.25, 0.3) is 0 Å². The molecule has 2 aromatic carbocycles. The van der Waals surface area contributed by atoms with E-state index in [0.717, 1.165) is 5.69 Å². The van der Waals surface area contributed by atoms with Gasteiger partial charge in [0.2, 0.25) is 0 Å². The van der Waals surface area contributed by atoms with Gasteiger partial charge in [-0.2, -0.15) is 0 Å². The number of Topliss-reactive ketones (excluding diaryl/α,β-unsaturated/α-hetero) is 1. The van der Waals surface area contributed by atoms with Crippen molar-refractivity contribution in [1.82, 2.24) is 0 Å². The van der Waals surface area contributed by atoms with Crippen LogP contribution in [-0.4, -0.2) is 30.5 Å². The predicted octanol–water partition coefficient (Wildman–Crippen LogP) is 3.71. The third-order valence-electron chi connectivity index (χ3n) is 3.65. The summed E-state index contributed by atoms with van der Waals surface area (Å²) in [5, 5.41) is 11.7. The summed E-state index contributed by atoms with van der Waals surface area (Å²) in [5.74, 6) is -0.314. The number of halogens is 3. The van der Waals surface area contributed by atoms with Crippen LogP contribution in [0.15, 0.2) is 42.5 Å². The molecule has 2 atom stereocenters. The van der Waals surface area contributed by atoms with Gasteiger partial charge in [-0.05, 0) is 36.4 Å². The topological polar surface area (TPSA) is 66.6 Å². The van der Waals surface area contributed by atoms with Crippen molar-refractivity contribution in [2.75, 3.05) is 18.5 Å². The summed E-state index contributed by atoms with van der Waals surface area (Å²) in [6.45, 7) is 0.0467. The minimum absolute atomic E-state index is 0.0467. The molecule has 2 unspecified atom stereocenters. The van der Waals surface area contributed by atoms with E-state index in [9.17, 15) is 9.90 Å². The number of likely N-dealkylation sites (N-methyl/N-ethyl adjacent to an activating group) is 1. The fraction of sp³-hybridized carbons (Fsp3) is 0.235. The van der Waals surface area contributed by atoms with Crippen molar-refractivity contribution < 1.29 is 9.90 Å². The molecule has 0 aliphatic heterocycles. The second kappa shape index (κ2) is 8.19. The van der Waals surface area contributed by atoms with Crippen LogP contribution in [0.2, 0.25) is 15.1 Å². The number of ketones is 1. The van der Waals surface area contributed by atoms with Gasteiger partial charge < -0.3 is 15.7 Å². The molecule has 0 saturated carbocycles. The van der Waals surface area contributed by atoms with E-state index in [1.54, 1.807) is 48.3 Å². The predicted molar refractivity (Wildman–Crippen MR) is 99.1 cm³/mol. The SMILES string of the molecule is CN(CC(=O)C(N)C(O)c1ccc(Cl)cc1Cl)c1ccc(Cl)cc1. The van der Waals surface area contributed by atoms with E-state index >= 15 is 0 Å². The number of benzene rings is 2. The van der Waals surface area contributed by atoms with Crippen molar-refractivity contribution in [2.45, 2.75) is 12.1 Å². The van der Waals surface area contributed by atoms with Crippen LogP contribution in [-0.2, 0) is 4.79 Å². The number of aliphatic hydroxyl groups is 1. The summed E-state index contributed by atoms with van der Waals surface area (Å²) < 4.78 is 0. The fourth-order valence-corrected chi connectivity index (χ4v) is 2.88. The molecule has 0 heterocycles. The van der Waals surface area contributed by atoms with Gasteiger partial charge >= 0.3 is 0 Å². The number of anilines is 1. The molecule has 0 amide bonds. The Labute approximate surface area is 155 Å². The lowest BCUT2D eigenvalue weighted by Crippen LogP contribution is -2.42. The van der Waals surface area contributed by atoms with Gasteiger partial charge in [-0.1, -0.05) is 40.9 Å². The number of carbonyl (C=O) groups is 1. The van der Waals surface area contributed by atoms with E-state index in [0.29, 0.717) is 15.6 Å². The zero-order chi connectivity index (χ0) is 17.9. The standard InChI is InChI=1S/C17H17Cl3N2O2/c1-22(12-5-2-10(18)3-6-12)9-15(23)16(21)17(24)13-7-4-11(19)8-14(13)20/h2-8,16-17,24H,9,21H2,1H3. The molecule has 7 heteroatoms. The minimum atomic E-state index is -1.21. The molecule has 0 aromatic heterocycles. The first kappa shape index (κ1) is 19.0. The number of nitrogens with zero attached hydrogens (tertiary/aromatic N) is 1. The summed E-state index contributed by atoms with van der Waals surface area (Å²) in [6, 6.07) is 10.6. The summed E-state index contributed by atoms with van der Waals surface area (Å²) >= 11 is 17.7. The Morgan fingerprint density at radius 2 is 1.71 bits per heavy atom. The Morgan fingerprint density at radius 1 is 1.12 bits per heavy atom. The first-order valence-electron chi connectivity index (χ1n) is 7.17. The average molecular weight is 388 g/mol. The summed E-state index contributed by atoms with van der Waals surface area (Å²) in [6.07, 6.45) is -1.21. The molecule has 0 aliphatic carbocycles. The third kappa shape index (κ3) is 4.62. The van der Waals surface area contributed by atoms with Gasteiger partial charge in [-0.3, -0.25) is 4.79 Å². The monoisotopic (exact) mass is 386 g/mol. The van der Waals surface area contributed by atoms with Crippen molar-refractivity contribution in [3.05, 3.63) is 63.1 Å². The van der Waals surface area contributed by atoms with E-state index in [4.69, 9.17) is 40.5 Å². The lowest BCUT2D eigenvalue weighted by molar-refractivity contribution is -0.121. The highest BCUT2D eigenvalue weighted by molar-refractivity contribution is 6.35. The molecule has 3 N–H and O–H groups in total. The van der Waals surface area contributed by atoms with Crippen molar-refractivity contribution in [2.24, 2.45) is 5.73 Å². The smallest absolute Gasteiger partial charge is 0.171 e. The van der Waals surface area contributed by atoms with Crippen molar-refractivity contribution >= 4 is 46.3 Å². The molecular weight excluding hydrogens is 371 g/mol. The fourth-order valence-electron chi connectivity index (χ4n) is 2.24. The highest BCUT2D eigenvalue weighted by Crippen LogP contribution is 2.28. The lowest BCUT2D eigenvalue weighted by atomic mass is 9.99. The Bertz CT molecular complexity index is 722. The van der Waals surface area contributed by atoms with Crippen LogP contribution in [0.3, 0.4) is 0 Å². The number of carbonyl (C=O) groups excluding carboxylic acids is 1. The van der Waals surface area contributed by atoms with Gasteiger partial charge in [-0.25, -0.2) is 0 Å². The van der Waals surface area contributed by atoms with Gasteiger partial charge in [0.15, 0.2) is 5.78 Å². The maximum absolute atomic E-state index is 12.4. The number of nitrogens with two attached hydrogens (primary N) is 1. The van der Waals surface area contributed by atoms with Crippen LogP contribution in [0.1, 0.15) is 11.7 Å². The van der Waals surface area contributed by atoms with Gasteiger partial charge in [0.05, 0.1) is 12.6 Å². The molecule has 128 valence electrons. The van der Waals surface area contributed by atoms with E-state index in [-0.39, 0.29) is 17.4 Å². The van der Waals surface area contributed by atoms with Crippen molar-refractivity contribution in [3.8, 4) is 0 Å². The van der Waals surface area contributed by atoms with Gasteiger partial charge in [-0.15, -0.1) is 0 Å². The molecule has 0 aliphatic rings. The number of rotatable bonds is 6. The molecule has 0 fully saturated rings. The van der Waals surface area contributed by atoms with Crippen LogP contribution >= 0.6 is 34.8 Å². The average Bonchev–Trinajstić information content (AvgIpc) is 2.54. The number of hydrogen-bond acceptors (Lipinski definition) is 4. The van der Waals surface area contributed by atoms with Crippen LogP contribution in [0, 0.1) is 0 Å². The largest absolute Gasteiger partial charge is 0.386 e. The van der Waals surface area contributed by atoms with E-state index < -0.39 is 12.1 Å². The Balaban J connectivity index is 2.06. The normalized spacial score (nSPS) is 13.4. The first-order valence-corrected chi connectivity index (χ1v) is 8.31. The van der Waals surface area contributed by atoms with E-state index in [2.05, 4.69) is 0 Å². The Kier molecular flexibility index (Phi) is 6.49. The molecule has 2 rings (SSSR count). The molecule has 0 radical (unpaired) electrons. The summed E-state index contributed by atoms with van der Waals surface area (Å²) in [4.78, 5) is 14.1. The van der Waals surface area contributed by atoms with Crippen LogP contribution in [0.5, 0.6) is 0 Å². The van der Waals surface area contributed by atoms with E-state index in [1.165, 1.54) is 6.07 Å². The Morgan fingerprint density at radius 3 is 2.29 bits per heavy atom. The summed E-state index contributed by atoms with van der Waals surface area (Å²) in [5.41, 5.74) is 7.10. The zero-order valence-corrected chi connectivity index (χ0v) is 15.2. The molecule has 0 saturated heterocycles. The number of aliphatic hydroxyl groups excluding tert-OH is 1. The zero-order valence-electron chi connectivity index (χ0n) is 12.9. The molecule has 0 bridgehead atoms. The molecule has 24 heavy (non-hydrogen) atoms. The Hall–Kier alpha value is -1.30. The van der Waals surface area contributed by atoms with Crippen molar-refractivity contribution in [1.29, 1.82) is 0 Å². The quantitative estimate of drug-likeness (QED) is 0.793. The third-order valence-corrected chi connectivity index (χ3v) is 4.47. The van der Waals surface area contributed by atoms with Crippen molar-refractivity contribution in [3.63, 3.8) is 0 Å². The summed E-state index contributed by atoms with van der Waals surface area (Å²) in [7, 11) is 1.76. The highest BCUT2D eigenvalue weighted by atomic mass is 35.5. The molecule has 2 aromatic rings.